The van der Waals surface area contributed by atoms with Crippen LogP contribution in [0.25, 0.3) is 0 Å². The third-order valence-corrected chi connectivity index (χ3v) is 20.8. The summed E-state index contributed by atoms with van der Waals surface area (Å²) in [7, 11) is -9.92. The van der Waals surface area contributed by atoms with Crippen LogP contribution in [0.4, 0.5) is 0 Å². The van der Waals surface area contributed by atoms with Crippen LogP contribution < -0.4 is 0 Å². The van der Waals surface area contributed by atoms with Crippen molar-refractivity contribution in [3.8, 4) is 0 Å². The number of hydrogen-bond acceptors (Lipinski definition) is 15. The van der Waals surface area contributed by atoms with Crippen LogP contribution in [0.2, 0.25) is 0 Å². The van der Waals surface area contributed by atoms with Gasteiger partial charge in [-0.05, 0) is 43.4 Å². The van der Waals surface area contributed by atoms with Crippen LogP contribution in [-0.4, -0.2) is 96.7 Å². The molecule has 0 aliphatic carbocycles. The molecule has 0 fully saturated rings. The second-order valence-electron chi connectivity index (χ2n) is 30.6. The summed E-state index contributed by atoms with van der Waals surface area (Å²) in [6, 6.07) is 0. The topological polar surface area (TPSA) is 237 Å². The molecule has 0 aromatic heterocycles. The minimum absolute atomic E-state index is 0.108. The summed E-state index contributed by atoms with van der Waals surface area (Å²) in [5.74, 6) is 0.219. The minimum atomic E-state index is -4.96. The molecular formula is C81H158O17P2. The predicted octanol–water partition coefficient (Wildman–Crippen LogP) is 24.1. The molecule has 5 atom stereocenters. The second kappa shape index (κ2) is 71.3. The number of carbonyl (C=O) groups is 4. The molecule has 0 saturated carbocycles. The van der Waals surface area contributed by atoms with Crippen molar-refractivity contribution in [2.45, 2.75) is 439 Å². The summed E-state index contributed by atoms with van der Waals surface area (Å²) in [6.45, 7) is 12.0. The van der Waals surface area contributed by atoms with Gasteiger partial charge in [0.2, 0.25) is 0 Å². The average molecular weight is 1470 g/mol. The van der Waals surface area contributed by atoms with Crippen LogP contribution in [-0.2, 0) is 65.4 Å². The fraction of sp³-hybridized carbons (Fsp3) is 0.951. The molecule has 0 aromatic carbocycles. The number of rotatable bonds is 79. The van der Waals surface area contributed by atoms with Gasteiger partial charge < -0.3 is 33.8 Å². The smallest absolute Gasteiger partial charge is 0.462 e. The summed E-state index contributed by atoms with van der Waals surface area (Å²) >= 11 is 0. The number of hydrogen-bond donors (Lipinski definition) is 3. The lowest BCUT2D eigenvalue weighted by Gasteiger charge is -2.21. The quantitative estimate of drug-likeness (QED) is 0.0222. The molecule has 3 N–H and O–H groups in total. The molecule has 0 saturated heterocycles. The third-order valence-electron chi connectivity index (χ3n) is 18.9. The Bertz CT molecular complexity index is 1940. The van der Waals surface area contributed by atoms with E-state index in [1.807, 2.05) is 0 Å². The Labute approximate surface area is 613 Å². The lowest BCUT2D eigenvalue weighted by molar-refractivity contribution is -0.161. The predicted molar refractivity (Wildman–Crippen MR) is 409 cm³/mol. The van der Waals surface area contributed by atoms with Gasteiger partial charge in [0.15, 0.2) is 12.2 Å². The number of aliphatic hydroxyl groups excluding tert-OH is 1. The summed E-state index contributed by atoms with van der Waals surface area (Å²) in [6.07, 6.45) is 59.5. The molecule has 0 heterocycles. The SMILES string of the molecule is CCCCCCCCCCCCCCCCCC(=O)O[C@H](COC(=O)CCCCCCCCCCCC(C)C)COP(=O)(O)OC[C@H](O)COP(=O)(O)OC[C@@H](COC(=O)CCCCCCCCCCCCCCC(C)C)OC(=O)CCCCCCCCCCCCCCCCCC(C)C. The van der Waals surface area contributed by atoms with Gasteiger partial charge in [-0.15, -0.1) is 0 Å². The van der Waals surface area contributed by atoms with Crippen LogP contribution in [0.1, 0.15) is 421 Å². The van der Waals surface area contributed by atoms with Crippen LogP contribution in [0, 0.1) is 17.8 Å². The lowest BCUT2D eigenvalue weighted by Crippen LogP contribution is -2.30. The van der Waals surface area contributed by atoms with Gasteiger partial charge in [-0.3, -0.25) is 37.3 Å². The van der Waals surface area contributed by atoms with E-state index in [4.69, 9.17) is 37.0 Å². The van der Waals surface area contributed by atoms with Crippen molar-refractivity contribution in [1.29, 1.82) is 0 Å². The molecule has 594 valence electrons. The number of carbonyl (C=O) groups excluding carboxylic acids is 4. The molecule has 0 bridgehead atoms. The Morgan fingerprint density at radius 1 is 0.270 bits per heavy atom. The van der Waals surface area contributed by atoms with E-state index >= 15 is 0 Å². The number of aliphatic hydroxyl groups is 1. The molecule has 17 nitrogen and oxygen atoms in total. The van der Waals surface area contributed by atoms with Crippen molar-refractivity contribution in [2.75, 3.05) is 39.6 Å². The summed E-state index contributed by atoms with van der Waals surface area (Å²) in [5.41, 5.74) is 0. The van der Waals surface area contributed by atoms with E-state index in [2.05, 4.69) is 48.5 Å². The molecule has 2 unspecified atom stereocenters. The van der Waals surface area contributed by atoms with Gasteiger partial charge >= 0.3 is 39.5 Å². The molecule has 0 aliphatic heterocycles. The average Bonchev–Trinajstić information content (AvgIpc) is 1.54. The number of phosphoric ester groups is 2. The van der Waals surface area contributed by atoms with Crippen LogP contribution in [0.5, 0.6) is 0 Å². The number of unbranched alkanes of at least 4 members (excludes halogenated alkanes) is 47. The van der Waals surface area contributed by atoms with Crippen molar-refractivity contribution in [2.24, 2.45) is 17.8 Å². The van der Waals surface area contributed by atoms with Crippen LogP contribution >= 0.6 is 15.6 Å². The molecule has 0 amide bonds. The third kappa shape index (κ3) is 74.3. The van der Waals surface area contributed by atoms with Gasteiger partial charge in [-0.2, -0.15) is 0 Å². The zero-order chi connectivity index (χ0) is 73.7. The van der Waals surface area contributed by atoms with E-state index in [1.54, 1.807) is 0 Å². The lowest BCUT2D eigenvalue weighted by atomic mass is 10.0. The van der Waals surface area contributed by atoms with Crippen molar-refractivity contribution >= 4 is 39.5 Å². The Balaban J connectivity index is 5.27. The second-order valence-corrected chi connectivity index (χ2v) is 33.5. The van der Waals surface area contributed by atoms with Gasteiger partial charge in [-0.25, -0.2) is 9.13 Å². The Morgan fingerprint density at radius 3 is 0.680 bits per heavy atom. The molecule has 0 aromatic rings. The molecule has 19 heteroatoms. The van der Waals surface area contributed by atoms with Crippen molar-refractivity contribution in [3.05, 3.63) is 0 Å². The standard InChI is InChI=1S/C81H158O17P2/c1-8-9-10-11-12-13-14-15-17-21-28-35-43-50-57-64-80(85)98-77(69-92-79(84)63-56-49-42-37-30-33-40-47-54-61-74(6)7)71-96-100(89,90)94-67-75(82)66-93-99(87,88)95-70-76(68-91-78(83)62-55-48-41-34-27-24-23-26-32-39-46-53-60-73(4)5)97-81(86)65-58-51-44-36-29-22-19-16-18-20-25-31-38-45-52-59-72(2)3/h72-77,82H,8-71H2,1-7H3,(H,87,88)(H,89,90)/t75-,76-,77-/m1/s1. The van der Waals surface area contributed by atoms with Gasteiger partial charge in [0.1, 0.15) is 19.3 Å². The van der Waals surface area contributed by atoms with E-state index in [0.29, 0.717) is 25.7 Å². The minimum Gasteiger partial charge on any atom is -0.462 e. The highest BCUT2D eigenvalue weighted by atomic mass is 31.2. The molecule has 0 aliphatic rings. The van der Waals surface area contributed by atoms with E-state index in [9.17, 15) is 43.2 Å². The van der Waals surface area contributed by atoms with Gasteiger partial charge in [-0.1, -0.05) is 370 Å². The summed E-state index contributed by atoms with van der Waals surface area (Å²) in [5, 5.41) is 10.6. The monoisotopic (exact) mass is 1470 g/mol. The van der Waals surface area contributed by atoms with Gasteiger partial charge in [0.25, 0.3) is 0 Å². The fourth-order valence-electron chi connectivity index (χ4n) is 12.5. The van der Waals surface area contributed by atoms with Crippen LogP contribution in [0.3, 0.4) is 0 Å². The number of esters is 4. The zero-order valence-corrected chi connectivity index (χ0v) is 67.5. The van der Waals surface area contributed by atoms with E-state index in [0.717, 1.165) is 108 Å². The molecular weight excluding hydrogens is 1310 g/mol. The Kier molecular flexibility index (Phi) is 69.9. The first kappa shape index (κ1) is 98.1. The van der Waals surface area contributed by atoms with E-state index in [1.165, 1.54) is 231 Å². The molecule has 0 radical (unpaired) electrons. The van der Waals surface area contributed by atoms with E-state index in [-0.39, 0.29) is 25.7 Å². The van der Waals surface area contributed by atoms with Crippen molar-refractivity contribution in [1.82, 2.24) is 0 Å². The highest BCUT2D eigenvalue weighted by molar-refractivity contribution is 7.47. The van der Waals surface area contributed by atoms with Crippen LogP contribution in [0.15, 0.2) is 0 Å². The first-order valence-corrected chi connectivity index (χ1v) is 44.8. The maximum atomic E-state index is 13.1. The highest BCUT2D eigenvalue weighted by Crippen LogP contribution is 2.45. The first-order valence-electron chi connectivity index (χ1n) is 41.8. The number of ether oxygens (including phenoxy) is 4. The highest BCUT2D eigenvalue weighted by Gasteiger charge is 2.30. The van der Waals surface area contributed by atoms with Gasteiger partial charge in [0.05, 0.1) is 26.4 Å². The number of phosphoric acid groups is 2. The largest absolute Gasteiger partial charge is 0.472 e. The van der Waals surface area contributed by atoms with Crippen molar-refractivity contribution in [3.63, 3.8) is 0 Å². The zero-order valence-electron chi connectivity index (χ0n) is 65.7. The maximum absolute atomic E-state index is 13.1. The van der Waals surface area contributed by atoms with E-state index < -0.39 is 97.5 Å². The first-order chi connectivity index (χ1) is 48.2. The van der Waals surface area contributed by atoms with Gasteiger partial charge in [0, 0.05) is 25.7 Å². The molecule has 0 rings (SSSR count). The normalized spacial score (nSPS) is 14.0. The maximum Gasteiger partial charge on any atom is 0.472 e. The Morgan fingerprint density at radius 2 is 0.460 bits per heavy atom. The fourth-order valence-corrected chi connectivity index (χ4v) is 14.1. The Hall–Kier alpha value is -1.94. The summed E-state index contributed by atoms with van der Waals surface area (Å²) in [4.78, 5) is 73.1. The molecule has 0 spiro atoms. The molecule has 100 heavy (non-hydrogen) atoms. The van der Waals surface area contributed by atoms with Crippen molar-refractivity contribution < 1.29 is 80.2 Å². The summed E-state index contributed by atoms with van der Waals surface area (Å²) < 4.78 is 68.8.